The van der Waals surface area contributed by atoms with Crippen LogP contribution in [-0.4, -0.2) is 18.2 Å². The number of halogens is 2. The first-order chi connectivity index (χ1) is 7.47. The van der Waals surface area contributed by atoms with E-state index < -0.39 is 22.6 Å². The minimum absolute atomic E-state index is 0.194. The van der Waals surface area contributed by atoms with E-state index in [0.29, 0.717) is 0 Å². The summed E-state index contributed by atoms with van der Waals surface area (Å²) >= 11 is 2.78. The molecule has 0 heterocycles. The van der Waals surface area contributed by atoms with Crippen molar-refractivity contribution in [3.63, 3.8) is 0 Å². The summed E-state index contributed by atoms with van der Waals surface area (Å²) in [4.78, 5) is 20.4. The van der Waals surface area contributed by atoms with Crippen molar-refractivity contribution in [1.82, 2.24) is 0 Å². The maximum absolute atomic E-state index is 13.1. The zero-order chi connectivity index (χ0) is 12.3. The lowest BCUT2D eigenvalue weighted by atomic mass is 10.3. The molecule has 86 valence electrons. The molecule has 0 N–H and O–H groups in total. The van der Waals surface area contributed by atoms with Crippen LogP contribution >= 0.6 is 15.9 Å². The highest BCUT2D eigenvalue weighted by atomic mass is 79.9. The topological polar surface area (TPSA) is 78.7 Å². The highest BCUT2D eigenvalue weighted by Gasteiger charge is 2.24. The van der Waals surface area contributed by atoms with Gasteiger partial charge in [-0.1, -0.05) is 0 Å². The molecule has 16 heavy (non-hydrogen) atoms. The first-order valence-corrected chi connectivity index (χ1v) is 4.65. The molecule has 0 saturated carbocycles. The first-order valence-electron chi connectivity index (χ1n) is 3.85. The molecular formula is C8H5BrFNO5. The Kier molecular flexibility index (Phi) is 3.78. The molecule has 0 spiro atoms. The van der Waals surface area contributed by atoms with Gasteiger partial charge in [0.1, 0.15) is 4.47 Å². The summed E-state index contributed by atoms with van der Waals surface area (Å²) < 4.78 is 21.6. The summed E-state index contributed by atoms with van der Waals surface area (Å²) in [6, 6.07) is 1.89. The van der Waals surface area contributed by atoms with Crippen molar-refractivity contribution in [2.45, 2.75) is 0 Å². The number of hydrogen-bond donors (Lipinski definition) is 0. The molecule has 0 bridgehead atoms. The van der Waals surface area contributed by atoms with E-state index >= 15 is 0 Å². The molecule has 0 amide bonds. The maximum atomic E-state index is 13.1. The van der Waals surface area contributed by atoms with Gasteiger partial charge in [-0.2, -0.15) is 4.39 Å². The van der Waals surface area contributed by atoms with E-state index in [1.165, 1.54) is 0 Å². The second kappa shape index (κ2) is 4.88. The first kappa shape index (κ1) is 12.4. The van der Waals surface area contributed by atoms with Crippen LogP contribution in [-0.2, 0) is 4.74 Å². The van der Waals surface area contributed by atoms with Crippen LogP contribution in [0.4, 0.5) is 14.9 Å². The van der Waals surface area contributed by atoms with E-state index in [2.05, 4.69) is 25.4 Å². The number of carbonyl (C=O) groups is 1. The third kappa shape index (κ3) is 2.45. The summed E-state index contributed by atoms with van der Waals surface area (Å²) in [5, 5.41) is 10.5. The van der Waals surface area contributed by atoms with Crippen LogP contribution in [0.3, 0.4) is 0 Å². The Morgan fingerprint density at radius 2 is 2.19 bits per heavy atom. The van der Waals surface area contributed by atoms with Crippen molar-refractivity contribution >= 4 is 27.8 Å². The Balaban J connectivity index is 3.18. The molecule has 1 aromatic carbocycles. The fourth-order valence-electron chi connectivity index (χ4n) is 0.900. The molecule has 0 aliphatic rings. The molecule has 0 aliphatic carbocycles. The van der Waals surface area contributed by atoms with Gasteiger partial charge in [0.25, 0.3) is 0 Å². The molecule has 8 heteroatoms. The fourth-order valence-corrected chi connectivity index (χ4v) is 1.45. The minimum Gasteiger partial charge on any atom is -0.437 e. The predicted octanol–water partition coefficient (Wildman–Crippen LogP) is 2.64. The predicted molar refractivity (Wildman–Crippen MR) is 53.8 cm³/mol. The highest BCUT2D eigenvalue weighted by Crippen LogP contribution is 2.36. The Labute approximate surface area is 97.2 Å². The van der Waals surface area contributed by atoms with Crippen LogP contribution in [0.5, 0.6) is 5.75 Å². The van der Waals surface area contributed by atoms with Gasteiger partial charge >= 0.3 is 11.8 Å². The van der Waals surface area contributed by atoms with Gasteiger partial charge in [-0.25, -0.2) is 4.79 Å². The molecule has 0 atom stereocenters. The normalized spacial score (nSPS) is 9.69. The van der Waals surface area contributed by atoms with Crippen LogP contribution in [0.15, 0.2) is 16.6 Å². The van der Waals surface area contributed by atoms with E-state index in [1.54, 1.807) is 0 Å². The van der Waals surface area contributed by atoms with Gasteiger partial charge < -0.3 is 9.47 Å². The van der Waals surface area contributed by atoms with Crippen molar-refractivity contribution < 1.29 is 23.6 Å². The molecule has 1 rings (SSSR count). The summed E-state index contributed by atoms with van der Waals surface area (Å²) in [6.07, 6.45) is -1.05. The number of nitro groups is 1. The molecule has 0 aromatic heterocycles. The second-order valence-electron chi connectivity index (χ2n) is 2.52. The van der Waals surface area contributed by atoms with Crippen molar-refractivity contribution in [3.8, 4) is 5.75 Å². The smallest absolute Gasteiger partial charge is 0.437 e. The number of rotatable bonds is 2. The molecule has 1 aromatic rings. The lowest BCUT2D eigenvalue weighted by molar-refractivity contribution is -0.388. The summed E-state index contributed by atoms with van der Waals surface area (Å²) in [7, 11) is 1.08. The van der Waals surface area contributed by atoms with Crippen LogP contribution < -0.4 is 4.74 Å². The fraction of sp³-hybridized carbons (Fsp3) is 0.125. The van der Waals surface area contributed by atoms with Gasteiger partial charge in [-0.05, 0) is 28.1 Å². The lowest BCUT2D eigenvalue weighted by Crippen LogP contribution is -2.08. The van der Waals surface area contributed by atoms with Gasteiger partial charge in [0, 0.05) is 0 Å². The van der Waals surface area contributed by atoms with Crippen LogP contribution in [0.25, 0.3) is 0 Å². The number of ether oxygens (including phenoxy) is 2. The Bertz CT molecular complexity index is 450. The number of nitro benzene ring substituents is 1. The molecule has 6 nitrogen and oxygen atoms in total. The Morgan fingerprint density at radius 3 is 2.69 bits per heavy atom. The molecule has 0 radical (unpaired) electrons. The molecule has 0 unspecified atom stereocenters. The van der Waals surface area contributed by atoms with Crippen molar-refractivity contribution in [1.29, 1.82) is 0 Å². The zero-order valence-electron chi connectivity index (χ0n) is 7.90. The van der Waals surface area contributed by atoms with E-state index in [1.807, 2.05) is 0 Å². The largest absolute Gasteiger partial charge is 0.513 e. The van der Waals surface area contributed by atoms with E-state index in [9.17, 15) is 19.3 Å². The van der Waals surface area contributed by atoms with Crippen LogP contribution in [0, 0.1) is 15.9 Å². The minimum atomic E-state index is -1.05. The number of methoxy groups -OCH3 is 1. The highest BCUT2D eigenvalue weighted by molar-refractivity contribution is 9.10. The zero-order valence-corrected chi connectivity index (χ0v) is 9.49. The van der Waals surface area contributed by atoms with Gasteiger partial charge in [0.2, 0.25) is 5.82 Å². The average molecular weight is 294 g/mol. The summed E-state index contributed by atoms with van der Waals surface area (Å²) in [5.74, 6) is -1.23. The maximum Gasteiger partial charge on any atom is 0.513 e. The standard InChI is InChI=1S/C8H5BrFNO5/c1-15-8(12)16-5-3-2-4(10)7(6(5)9)11(13)14/h2-3H,1H3. The number of nitrogens with zero attached hydrogens (tertiary/aromatic N) is 1. The second-order valence-corrected chi connectivity index (χ2v) is 3.31. The third-order valence-corrected chi connectivity index (χ3v) is 2.34. The lowest BCUT2D eigenvalue weighted by Gasteiger charge is -2.05. The van der Waals surface area contributed by atoms with Crippen LogP contribution in [0.1, 0.15) is 0 Å². The number of carbonyl (C=O) groups excluding carboxylic acids is 1. The third-order valence-electron chi connectivity index (χ3n) is 1.57. The summed E-state index contributed by atoms with van der Waals surface area (Å²) in [5.41, 5.74) is -0.804. The number of benzene rings is 1. The molecule has 0 saturated heterocycles. The molecule has 0 aliphatic heterocycles. The van der Waals surface area contributed by atoms with Gasteiger partial charge in [-0.15, -0.1) is 0 Å². The van der Waals surface area contributed by atoms with Crippen LogP contribution in [0.2, 0.25) is 0 Å². The Hall–Kier alpha value is -1.70. The van der Waals surface area contributed by atoms with Crippen molar-refractivity contribution in [2.75, 3.05) is 7.11 Å². The SMILES string of the molecule is COC(=O)Oc1ccc(F)c([N+](=O)[O-])c1Br. The monoisotopic (exact) mass is 293 g/mol. The van der Waals surface area contributed by atoms with Gasteiger partial charge in [0.05, 0.1) is 12.0 Å². The van der Waals surface area contributed by atoms with E-state index in [0.717, 1.165) is 19.2 Å². The Morgan fingerprint density at radius 1 is 1.56 bits per heavy atom. The molecular weight excluding hydrogens is 289 g/mol. The van der Waals surface area contributed by atoms with E-state index in [4.69, 9.17) is 0 Å². The molecule has 0 fully saturated rings. The van der Waals surface area contributed by atoms with Crippen molar-refractivity contribution in [2.24, 2.45) is 0 Å². The van der Waals surface area contributed by atoms with Crippen molar-refractivity contribution in [3.05, 3.63) is 32.5 Å². The van der Waals surface area contributed by atoms with E-state index in [-0.39, 0.29) is 10.2 Å². The quantitative estimate of drug-likeness (QED) is 0.362. The van der Waals surface area contributed by atoms with Gasteiger partial charge in [0.15, 0.2) is 5.75 Å². The number of hydrogen-bond acceptors (Lipinski definition) is 5. The summed E-state index contributed by atoms with van der Waals surface area (Å²) in [6.45, 7) is 0. The van der Waals surface area contributed by atoms with Gasteiger partial charge in [-0.3, -0.25) is 10.1 Å². The average Bonchev–Trinajstić information content (AvgIpc) is 2.21.